The third kappa shape index (κ3) is 3.94. The highest BCUT2D eigenvalue weighted by Crippen LogP contribution is 2.24. The fourth-order valence-electron chi connectivity index (χ4n) is 1.20. The molecule has 6 heteroatoms. The molecule has 1 rings (SSSR count). The highest BCUT2D eigenvalue weighted by Gasteiger charge is 2.10. The molecule has 15 heavy (non-hydrogen) atoms. The van der Waals surface area contributed by atoms with Gasteiger partial charge in [0.25, 0.3) is 0 Å². The Hall–Kier alpha value is -0.980. The minimum Gasteiger partial charge on any atom is -0.318 e. The van der Waals surface area contributed by atoms with Crippen molar-refractivity contribution >= 4 is 16.3 Å². The van der Waals surface area contributed by atoms with Crippen LogP contribution in [0.5, 0.6) is 0 Å². The molecule has 1 N–H and O–H groups in total. The van der Waals surface area contributed by atoms with Gasteiger partial charge >= 0.3 is 5.00 Å². The van der Waals surface area contributed by atoms with E-state index >= 15 is 0 Å². The van der Waals surface area contributed by atoms with E-state index in [2.05, 4.69) is 10.2 Å². The van der Waals surface area contributed by atoms with Crippen molar-refractivity contribution < 1.29 is 4.92 Å². The Labute approximate surface area is 92.9 Å². The van der Waals surface area contributed by atoms with Gasteiger partial charge in [0.1, 0.15) is 0 Å². The van der Waals surface area contributed by atoms with Gasteiger partial charge in [0, 0.05) is 30.6 Å². The fourth-order valence-corrected chi connectivity index (χ4v) is 2.10. The Morgan fingerprint density at radius 1 is 1.60 bits per heavy atom. The Morgan fingerprint density at radius 2 is 2.33 bits per heavy atom. The summed E-state index contributed by atoms with van der Waals surface area (Å²) in [6.07, 6.45) is 0. The van der Waals surface area contributed by atoms with E-state index in [4.69, 9.17) is 0 Å². The summed E-state index contributed by atoms with van der Waals surface area (Å²) in [7, 11) is 3.91. The SMILES string of the molecule is CNCCN(C)Cc1ccc([N+](=O)[O-])s1. The molecule has 0 radical (unpaired) electrons. The molecule has 0 aliphatic heterocycles. The average molecular weight is 229 g/mol. The molecule has 84 valence electrons. The van der Waals surface area contributed by atoms with Crippen molar-refractivity contribution in [3.8, 4) is 0 Å². The molecule has 0 saturated heterocycles. The Bertz CT molecular complexity index is 327. The maximum Gasteiger partial charge on any atom is 0.324 e. The first-order valence-corrected chi connectivity index (χ1v) is 5.51. The molecule has 0 amide bonds. The van der Waals surface area contributed by atoms with Gasteiger partial charge in [-0.2, -0.15) is 0 Å². The molecular formula is C9H15N3O2S. The van der Waals surface area contributed by atoms with Gasteiger partial charge in [0.05, 0.1) is 4.92 Å². The zero-order chi connectivity index (χ0) is 11.3. The van der Waals surface area contributed by atoms with Crippen molar-refractivity contribution in [2.45, 2.75) is 6.54 Å². The highest BCUT2D eigenvalue weighted by atomic mass is 32.1. The smallest absolute Gasteiger partial charge is 0.318 e. The summed E-state index contributed by atoms with van der Waals surface area (Å²) in [5.74, 6) is 0. The second kappa shape index (κ2) is 5.79. The molecule has 0 aliphatic rings. The number of hydrogen-bond acceptors (Lipinski definition) is 5. The van der Waals surface area contributed by atoms with Gasteiger partial charge in [0.15, 0.2) is 0 Å². The molecule has 1 aromatic heterocycles. The second-order valence-corrected chi connectivity index (χ2v) is 4.49. The first kappa shape index (κ1) is 12.1. The molecular weight excluding hydrogens is 214 g/mol. The van der Waals surface area contributed by atoms with Crippen LogP contribution in [0.15, 0.2) is 12.1 Å². The van der Waals surface area contributed by atoms with Crippen LogP contribution in [0.25, 0.3) is 0 Å². The lowest BCUT2D eigenvalue weighted by Crippen LogP contribution is -2.26. The summed E-state index contributed by atoms with van der Waals surface area (Å²) in [5, 5.41) is 13.7. The maximum absolute atomic E-state index is 10.5. The predicted octanol–water partition coefficient (Wildman–Crippen LogP) is 1.31. The summed E-state index contributed by atoms with van der Waals surface area (Å²) >= 11 is 1.24. The quantitative estimate of drug-likeness (QED) is 0.590. The number of nitrogens with one attached hydrogen (secondary N) is 1. The van der Waals surface area contributed by atoms with Crippen LogP contribution in [0.3, 0.4) is 0 Å². The van der Waals surface area contributed by atoms with E-state index in [1.165, 1.54) is 11.3 Å². The fraction of sp³-hybridized carbons (Fsp3) is 0.556. The van der Waals surface area contributed by atoms with Gasteiger partial charge in [0.2, 0.25) is 0 Å². The van der Waals surface area contributed by atoms with Gasteiger partial charge < -0.3 is 10.2 Å². The Kier molecular flexibility index (Phi) is 4.67. The van der Waals surface area contributed by atoms with Crippen molar-refractivity contribution in [2.75, 3.05) is 27.2 Å². The highest BCUT2D eigenvalue weighted by molar-refractivity contribution is 7.15. The second-order valence-electron chi connectivity index (χ2n) is 3.34. The lowest BCUT2D eigenvalue weighted by Gasteiger charge is -2.14. The van der Waals surface area contributed by atoms with Crippen LogP contribution in [0.2, 0.25) is 0 Å². The van der Waals surface area contributed by atoms with Crippen molar-refractivity contribution in [2.24, 2.45) is 0 Å². The lowest BCUT2D eigenvalue weighted by atomic mass is 10.4. The van der Waals surface area contributed by atoms with E-state index in [1.807, 2.05) is 20.2 Å². The number of nitrogens with zero attached hydrogens (tertiary/aromatic N) is 2. The molecule has 0 aromatic carbocycles. The summed E-state index contributed by atoms with van der Waals surface area (Å²) in [4.78, 5) is 13.3. The van der Waals surface area contributed by atoms with Gasteiger partial charge in [-0.15, -0.1) is 0 Å². The molecule has 0 saturated carbocycles. The Morgan fingerprint density at radius 3 is 2.87 bits per heavy atom. The third-order valence-corrected chi connectivity index (χ3v) is 3.02. The molecule has 0 spiro atoms. The van der Waals surface area contributed by atoms with E-state index in [1.54, 1.807) is 6.07 Å². The van der Waals surface area contributed by atoms with Crippen LogP contribution in [0, 0.1) is 10.1 Å². The van der Waals surface area contributed by atoms with Crippen LogP contribution in [-0.4, -0.2) is 37.0 Å². The predicted molar refractivity (Wildman–Crippen MR) is 61.2 cm³/mol. The molecule has 0 unspecified atom stereocenters. The number of rotatable bonds is 6. The minimum atomic E-state index is -0.345. The summed E-state index contributed by atoms with van der Waals surface area (Å²) in [6.45, 7) is 2.62. The normalized spacial score (nSPS) is 10.9. The van der Waals surface area contributed by atoms with Crippen LogP contribution in [-0.2, 0) is 6.54 Å². The molecule has 5 nitrogen and oxygen atoms in total. The van der Waals surface area contributed by atoms with Gasteiger partial charge in [-0.1, -0.05) is 11.3 Å². The summed E-state index contributed by atoms with van der Waals surface area (Å²) in [6, 6.07) is 3.38. The third-order valence-electron chi connectivity index (χ3n) is 2.00. The van der Waals surface area contributed by atoms with E-state index in [-0.39, 0.29) is 9.92 Å². The van der Waals surface area contributed by atoms with E-state index in [0.717, 1.165) is 24.5 Å². The van der Waals surface area contributed by atoms with Crippen LogP contribution in [0.4, 0.5) is 5.00 Å². The Balaban J connectivity index is 2.46. The molecule has 0 fully saturated rings. The van der Waals surface area contributed by atoms with Gasteiger partial charge in [-0.05, 0) is 20.2 Å². The van der Waals surface area contributed by atoms with Gasteiger partial charge in [-0.3, -0.25) is 10.1 Å². The molecule has 1 heterocycles. The van der Waals surface area contributed by atoms with E-state index in [9.17, 15) is 10.1 Å². The molecule has 0 bridgehead atoms. The summed E-state index contributed by atoms with van der Waals surface area (Å²) < 4.78 is 0. The monoisotopic (exact) mass is 229 g/mol. The van der Waals surface area contributed by atoms with E-state index < -0.39 is 0 Å². The average Bonchev–Trinajstić information content (AvgIpc) is 2.63. The van der Waals surface area contributed by atoms with Crippen molar-refractivity contribution in [3.05, 3.63) is 27.1 Å². The van der Waals surface area contributed by atoms with Crippen molar-refractivity contribution in [1.29, 1.82) is 0 Å². The topological polar surface area (TPSA) is 58.4 Å². The van der Waals surface area contributed by atoms with Crippen molar-refractivity contribution in [1.82, 2.24) is 10.2 Å². The molecule has 0 atom stereocenters. The number of nitro groups is 1. The van der Waals surface area contributed by atoms with Crippen LogP contribution >= 0.6 is 11.3 Å². The number of likely N-dealkylation sites (N-methyl/N-ethyl adjacent to an activating group) is 2. The minimum absolute atomic E-state index is 0.215. The number of thiophene rings is 1. The largest absolute Gasteiger partial charge is 0.324 e. The van der Waals surface area contributed by atoms with Crippen LogP contribution < -0.4 is 5.32 Å². The lowest BCUT2D eigenvalue weighted by molar-refractivity contribution is -0.380. The zero-order valence-corrected chi connectivity index (χ0v) is 9.71. The first-order valence-electron chi connectivity index (χ1n) is 4.69. The van der Waals surface area contributed by atoms with E-state index in [0.29, 0.717) is 0 Å². The summed E-state index contributed by atoms with van der Waals surface area (Å²) in [5.41, 5.74) is 0. The molecule has 1 aromatic rings. The zero-order valence-electron chi connectivity index (χ0n) is 8.90. The van der Waals surface area contributed by atoms with Crippen LogP contribution in [0.1, 0.15) is 4.88 Å². The number of hydrogen-bond donors (Lipinski definition) is 1. The maximum atomic E-state index is 10.5. The molecule has 0 aliphatic carbocycles. The standard InChI is InChI=1S/C9H15N3O2S/c1-10-5-6-11(2)7-8-3-4-9(15-8)12(13)14/h3-4,10H,5-7H2,1-2H3. The van der Waals surface area contributed by atoms with Crippen molar-refractivity contribution in [3.63, 3.8) is 0 Å². The first-order chi connectivity index (χ1) is 7.13. The van der Waals surface area contributed by atoms with Gasteiger partial charge in [-0.25, -0.2) is 0 Å².